The summed E-state index contributed by atoms with van der Waals surface area (Å²) in [7, 11) is 0. The molecule has 0 aromatic heterocycles. The molecule has 14 heavy (non-hydrogen) atoms. The van der Waals surface area contributed by atoms with E-state index in [1.54, 1.807) is 0 Å². The van der Waals surface area contributed by atoms with Crippen LogP contribution in [-0.2, 0) is 0 Å². The van der Waals surface area contributed by atoms with Gasteiger partial charge < -0.3 is 5.32 Å². The third kappa shape index (κ3) is 7.37. The molecule has 0 aromatic carbocycles. The Labute approximate surface area is 90.7 Å². The summed E-state index contributed by atoms with van der Waals surface area (Å²) in [4.78, 5) is 0. The number of hydrogen-bond acceptors (Lipinski definition) is 1. The molecule has 0 amide bonds. The van der Waals surface area contributed by atoms with Gasteiger partial charge >= 0.3 is 0 Å². The molecule has 0 saturated carbocycles. The van der Waals surface area contributed by atoms with E-state index in [9.17, 15) is 0 Å². The monoisotopic (exact) mass is 199 g/mol. The highest BCUT2D eigenvalue weighted by atomic mass is 14.9. The summed E-state index contributed by atoms with van der Waals surface area (Å²) in [6, 6.07) is 1.33. The van der Waals surface area contributed by atoms with Crippen LogP contribution in [0.3, 0.4) is 0 Å². The largest absolute Gasteiger partial charge is 0.312 e. The molecule has 1 nitrogen and oxygen atoms in total. The van der Waals surface area contributed by atoms with Crippen LogP contribution >= 0.6 is 0 Å². The van der Waals surface area contributed by atoms with E-state index in [4.69, 9.17) is 0 Å². The fourth-order valence-electron chi connectivity index (χ4n) is 2.10. The van der Waals surface area contributed by atoms with Crippen molar-refractivity contribution in [2.45, 2.75) is 72.9 Å². The van der Waals surface area contributed by atoms with E-state index in [1.807, 2.05) is 0 Å². The Balaban J connectivity index is 3.65. The minimum Gasteiger partial charge on any atom is -0.312 e. The fourth-order valence-corrected chi connectivity index (χ4v) is 2.10. The highest BCUT2D eigenvalue weighted by Gasteiger charge is 2.11. The summed E-state index contributed by atoms with van der Waals surface area (Å²) in [5, 5.41) is 3.68. The third-order valence-corrected chi connectivity index (χ3v) is 2.85. The van der Waals surface area contributed by atoms with E-state index >= 15 is 0 Å². The van der Waals surface area contributed by atoms with Crippen molar-refractivity contribution in [2.24, 2.45) is 11.8 Å². The Morgan fingerprint density at radius 3 is 1.79 bits per heavy atom. The Bertz CT molecular complexity index is 131. The molecule has 3 unspecified atom stereocenters. The minimum absolute atomic E-state index is 0.661. The molecular formula is C13H29N. The zero-order valence-electron chi connectivity index (χ0n) is 10.9. The van der Waals surface area contributed by atoms with Gasteiger partial charge in [-0.3, -0.25) is 0 Å². The summed E-state index contributed by atoms with van der Waals surface area (Å²) in [5.74, 6) is 1.65. The number of hydrogen-bond donors (Lipinski definition) is 1. The first-order valence-corrected chi connectivity index (χ1v) is 6.21. The number of nitrogens with one attached hydrogen (secondary N) is 1. The van der Waals surface area contributed by atoms with Crippen molar-refractivity contribution in [1.82, 2.24) is 5.32 Å². The maximum absolute atomic E-state index is 3.68. The van der Waals surface area contributed by atoms with Crippen LogP contribution in [0.15, 0.2) is 0 Å². The predicted molar refractivity (Wildman–Crippen MR) is 65.6 cm³/mol. The van der Waals surface area contributed by atoms with Crippen molar-refractivity contribution in [3.8, 4) is 0 Å². The van der Waals surface area contributed by atoms with E-state index < -0.39 is 0 Å². The van der Waals surface area contributed by atoms with Gasteiger partial charge in [-0.2, -0.15) is 0 Å². The van der Waals surface area contributed by atoms with Crippen LogP contribution in [0.2, 0.25) is 0 Å². The average molecular weight is 199 g/mol. The second-order valence-electron chi connectivity index (χ2n) is 5.35. The van der Waals surface area contributed by atoms with Crippen LogP contribution in [0.4, 0.5) is 0 Å². The van der Waals surface area contributed by atoms with Gasteiger partial charge in [0.25, 0.3) is 0 Å². The Morgan fingerprint density at radius 2 is 1.36 bits per heavy atom. The molecule has 0 aliphatic rings. The summed E-state index contributed by atoms with van der Waals surface area (Å²) in [6.07, 6.45) is 3.88. The molecule has 1 N–H and O–H groups in total. The highest BCUT2D eigenvalue weighted by Crippen LogP contribution is 2.11. The quantitative estimate of drug-likeness (QED) is 0.657. The van der Waals surface area contributed by atoms with E-state index in [2.05, 4.69) is 46.9 Å². The lowest BCUT2D eigenvalue weighted by Gasteiger charge is -2.23. The van der Waals surface area contributed by atoms with Gasteiger partial charge in [-0.25, -0.2) is 0 Å². The molecule has 3 atom stereocenters. The lowest BCUT2D eigenvalue weighted by Crippen LogP contribution is -2.36. The first-order chi connectivity index (χ1) is 6.45. The third-order valence-electron chi connectivity index (χ3n) is 2.85. The average Bonchev–Trinajstić information content (AvgIpc) is 2.01. The molecule has 1 heteroatoms. The Hall–Kier alpha value is -0.0400. The molecule has 0 rings (SSSR count). The second-order valence-corrected chi connectivity index (χ2v) is 5.35. The topological polar surface area (TPSA) is 12.0 Å². The van der Waals surface area contributed by atoms with Gasteiger partial charge in [0.05, 0.1) is 0 Å². The molecule has 0 saturated heterocycles. The van der Waals surface area contributed by atoms with Gasteiger partial charge in [0.15, 0.2) is 0 Å². The summed E-state index contributed by atoms with van der Waals surface area (Å²) >= 11 is 0. The van der Waals surface area contributed by atoms with Crippen molar-refractivity contribution in [3.05, 3.63) is 0 Å². The Morgan fingerprint density at radius 1 is 0.857 bits per heavy atom. The maximum atomic E-state index is 3.68. The van der Waals surface area contributed by atoms with Crippen molar-refractivity contribution >= 4 is 0 Å². The molecule has 0 aromatic rings. The van der Waals surface area contributed by atoms with E-state index in [1.165, 1.54) is 19.3 Å². The van der Waals surface area contributed by atoms with Crippen LogP contribution < -0.4 is 5.32 Å². The van der Waals surface area contributed by atoms with Gasteiger partial charge in [0, 0.05) is 12.1 Å². The van der Waals surface area contributed by atoms with Gasteiger partial charge in [-0.15, -0.1) is 0 Å². The zero-order valence-corrected chi connectivity index (χ0v) is 10.9. The first-order valence-electron chi connectivity index (χ1n) is 6.21. The van der Waals surface area contributed by atoms with Crippen LogP contribution in [0.25, 0.3) is 0 Å². The minimum atomic E-state index is 0.661. The lowest BCUT2D eigenvalue weighted by atomic mass is 9.98. The summed E-state index contributed by atoms with van der Waals surface area (Å²) < 4.78 is 0. The fraction of sp³-hybridized carbons (Fsp3) is 1.00. The predicted octanol–water partition coefficient (Wildman–Crippen LogP) is 3.84. The van der Waals surface area contributed by atoms with E-state index in [0.29, 0.717) is 12.1 Å². The molecule has 0 spiro atoms. The van der Waals surface area contributed by atoms with E-state index in [0.717, 1.165) is 11.8 Å². The molecule has 0 fully saturated rings. The van der Waals surface area contributed by atoms with Crippen molar-refractivity contribution < 1.29 is 0 Å². The SMILES string of the molecule is CCC(C)CC(C)NC(C)CC(C)C. The molecule has 0 radical (unpaired) electrons. The maximum Gasteiger partial charge on any atom is 0.00437 e. The molecular weight excluding hydrogens is 170 g/mol. The lowest BCUT2D eigenvalue weighted by molar-refractivity contribution is 0.353. The molecule has 0 heterocycles. The first kappa shape index (κ1) is 14.0. The molecule has 0 bridgehead atoms. The van der Waals surface area contributed by atoms with Crippen LogP contribution in [-0.4, -0.2) is 12.1 Å². The molecule has 0 aliphatic carbocycles. The molecule has 0 aliphatic heterocycles. The van der Waals surface area contributed by atoms with Crippen LogP contribution in [0.1, 0.15) is 60.8 Å². The summed E-state index contributed by atoms with van der Waals surface area (Å²) in [6.45, 7) is 13.8. The normalized spacial score (nSPS) is 18.2. The van der Waals surface area contributed by atoms with Gasteiger partial charge in [-0.1, -0.05) is 34.1 Å². The van der Waals surface area contributed by atoms with Crippen LogP contribution in [0.5, 0.6) is 0 Å². The van der Waals surface area contributed by atoms with E-state index in [-0.39, 0.29) is 0 Å². The van der Waals surface area contributed by atoms with Gasteiger partial charge in [0.1, 0.15) is 0 Å². The highest BCUT2D eigenvalue weighted by molar-refractivity contribution is 4.70. The second kappa shape index (κ2) is 7.28. The standard InChI is InChI=1S/C13H29N/c1-7-11(4)9-13(6)14-12(5)8-10(2)3/h10-14H,7-9H2,1-6H3. The van der Waals surface area contributed by atoms with Crippen LogP contribution in [0, 0.1) is 11.8 Å². The molecule has 86 valence electrons. The summed E-state index contributed by atoms with van der Waals surface area (Å²) in [5.41, 5.74) is 0. The van der Waals surface area contributed by atoms with Crippen molar-refractivity contribution in [2.75, 3.05) is 0 Å². The van der Waals surface area contributed by atoms with Crippen molar-refractivity contribution in [1.29, 1.82) is 0 Å². The van der Waals surface area contributed by atoms with Gasteiger partial charge in [-0.05, 0) is 38.5 Å². The Kier molecular flexibility index (Phi) is 7.26. The smallest absolute Gasteiger partial charge is 0.00437 e. The van der Waals surface area contributed by atoms with Crippen molar-refractivity contribution in [3.63, 3.8) is 0 Å². The van der Waals surface area contributed by atoms with Gasteiger partial charge in [0.2, 0.25) is 0 Å². The number of rotatable bonds is 7. The zero-order chi connectivity index (χ0) is 11.1.